The summed E-state index contributed by atoms with van der Waals surface area (Å²) in [6.07, 6.45) is 3.79. The molecule has 5 heteroatoms. The van der Waals surface area contributed by atoms with Gasteiger partial charge in [-0.05, 0) is 30.3 Å². The zero-order valence-corrected chi connectivity index (χ0v) is 11.3. The molecule has 0 aliphatic carbocycles. The quantitative estimate of drug-likeness (QED) is 0.687. The third-order valence-electron chi connectivity index (χ3n) is 3.25. The highest BCUT2D eigenvalue weighted by Gasteiger charge is 2.13. The molecule has 0 N–H and O–H groups in total. The largest absolute Gasteiger partial charge is 0.486 e. The number of aromatic nitrogens is 2. The molecule has 4 rings (SSSR count). The Labute approximate surface area is 120 Å². The average Bonchev–Trinajstić information content (AvgIpc) is 2.89. The molecule has 0 amide bonds. The van der Waals surface area contributed by atoms with E-state index in [1.165, 1.54) is 0 Å². The number of benzene rings is 1. The van der Waals surface area contributed by atoms with Crippen LogP contribution in [-0.2, 0) is 0 Å². The van der Waals surface area contributed by atoms with Crippen LogP contribution in [0.4, 0.5) is 0 Å². The van der Waals surface area contributed by atoms with Crippen LogP contribution < -0.4 is 9.47 Å². The highest BCUT2D eigenvalue weighted by atomic mass is 35.5. The maximum atomic E-state index is 5.98. The van der Waals surface area contributed by atoms with E-state index < -0.39 is 0 Å². The number of ether oxygens (including phenoxy) is 2. The smallest absolute Gasteiger partial charge is 0.162 e. The SMILES string of the molecule is Clc1ccc2nc(-c3ccc4c(c3)OCCO4)cn2c1. The number of hydrogen-bond donors (Lipinski definition) is 0. The van der Waals surface area contributed by atoms with E-state index >= 15 is 0 Å². The molecule has 4 nitrogen and oxygen atoms in total. The maximum absolute atomic E-state index is 5.98. The molecular formula is C15H11ClN2O2. The summed E-state index contributed by atoms with van der Waals surface area (Å²) in [6.45, 7) is 1.18. The molecule has 0 spiro atoms. The van der Waals surface area contributed by atoms with Crippen LogP contribution in [0.3, 0.4) is 0 Å². The van der Waals surface area contributed by atoms with Crippen LogP contribution in [0.15, 0.2) is 42.7 Å². The van der Waals surface area contributed by atoms with Gasteiger partial charge in [0.15, 0.2) is 11.5 Å². The van der Waals surface area contributed by atoms with Crippen molar-refractivity contribution in [2.45, 2.75) is 0 Å². The molecule has 0 atom stereocenters. The Bertz CT molecular complexity index is 798. The minimum atomic E-state index is 0.581. The highest BCUT2D eigenvalue weighted by Crippen LogP contribution is 2.34. The van der Waals surface area contributed by atoms with Gasteiger partial charge in [0.1, 0.15) is 18.9 Å². The molecule has 0 fully saturated rings. The zero-order chi connectivity index (χ0) is 13.5. The van der Waals surface area contributed by atoms with Gasteiger partial charge in [-0.2, -0.15) is 0 Å². The Morgan fingerprint density at radius 3 is 2.75 bits per heavy atom. The van der Waals surface area contributed by atoms with Crippen molar-refractivity contribution >= 4 is 17.2 Å². The van der Waals surface area contributed by atoms with E-state index in [1.807, 2.05) is 47.1 Å². The summed E-state index contributed by atoms with van der Waals surface area (Å²) in [5.41, 5.74) is 2.73. The maximum Gasteiger partial charge on any atom is 0.162 e. The third-order valence-corrected chi connectivity index (χ3v) is 3.48. The molecule has 0 saturated heterocycles. The van der Waals surface area contributed by atoms with E-state index in [0.717, 1.165) is 28.4 Å². The van der Waals surface area contributed by atoms with Gasteiger partial charge < -0.3 is 13.9 Å². The first-order chi connectivity index (χ1) is 9.79. The second-order valence-electron chi connectivity index (χ2n) is 4.60. The average molecular weight is 287 g/mol. The summed E-state index contributed by atoms with van der Waals surface area (Å²) >= 11 is 5.98. The van der Waals surface area contributed by atoms with E-state index in [0.29, 0.717) is 18.2 Å². The van der Waals surface area contributed by atoms with Crippen molar-refractivity contribution in [3.8, 4) is 22.8 Å². The zero-order valence-electron chi connectivity index (χ0n) is 10.5. The Morgan fingerprint density at radius 2 is 1.85 bits per heavy atom. The van der Waals surface area contributed by atoms with Gasteiger partial charge in [-0.25, -0.2) is 4.98 Å². The minimum absolute atomic E-state index is 0.581. The molecule has 3 aromatic rings. The summed E-state index contributed by atoms with van der Waals surface area (Å²) in [7, 11) is 0. The lowest BCUT2D eigenvalue weighted by atomic mass is 10.1. The van der Waals surface area contributed by atoms with Crippen molar-refractivity contribution in [2.75, 3.05) is 13.2 Å². The molecule has 20 heavy (non-hydrogen) atoms. The van der Waals surface area contributed by atoms with Crippen molar-refractivity contribution in [2.24, 2.45) is 0 Å². The van der Waals surface area contributed by atoms with Gasteiger partial charge in [0.25, 0.3) is 0 Å². The van der Waals surface area contributed by atoms with E-state index in [2.05, 4.69) is 4.98 Å². The lowest BCUT2D eigenvalue weighted by Crippen LogP contribution is -2.15. The van der Waals surface area contributed by atoms with Gasteiger partial charge in [-0.3, -0.25) is 0 Å². The molecule has 3 heterocycles. The molecule has 1 aromatic carbocycles. The van der Waals surface area contributed by atoms with Crippen LogP contribution in [0.1, 0.15) is 0 Å². The molecule has 0 bridgehead atoms. The summed E-state index contributed by atoms with van der Waals surface area (Å²) < 4.78 is 13.0. The third kappa shape index (κ3) is 1.89. The van der Waals surface area contributed by atoms with Crippen molar-refractivity contribution in [3.63, 3.8) is 0 Å². The van der Waals surface area contributed by atoms with Gasteiger partial charge in [-0.15, -0.1) is 0 Å². The van der Waals surface area contributed by atoms with E-state index in [9.17, 15) is 0 Å². The number of nitrogens with zero attached hydrogens (tertiary/aromatic N) is 2. The second-order valence-corrected chi connectivity index (χ2v) is 5.03. The Balaban J connectivity index is 1.82. The topological polar surface area (TPSA) is 35.8 Å². The standard InChI is InChI=1S/C15H11ClN2O2/c16-11-2-4-15-17-12(9-18(15)8-11)10-1-3-13-14(7-10)20-6-5-19-13/h1-4,7-9H,5-6H2. The fourth-order valence-corrected chi connectivity index (χ4v) is 2.47. The normalized spacial score (nSPS) is 13.7. The molecule has 2 aromatic heterocycles. The summed E-state index contributed by atoms with van der Waals surface area (Å²) in [6, 6.07) is 9.58. The predicted molar refractivity (Wildman–Crippen MR) is 76.6 cm³/mol. The number of hydrogen-bond acceptors (Lipinski definition) is 3. The van der Waals surface area contributed by atoms with Crippen molar-refractivity contribution in [3.05, 3.63) is 47.7 Å². The van der Waals surface area contributed by atoms with Gasteiger partial charge in [0.2, 0.25) is 0 Å². The molecule has 1 aliphatic rings. The van der Waals surface area contributed by atoms with Gasteiger partial charge in [-0.1, -0.05) is 11.6 Å². The van der Waals surface area contributed by atoms with Crippen LogP contribution in [0.5, 0.6) is 11.5 Å². The van der Waals surface area contributed by atoms with Gasteiger partial charge >= 0.3 is 0 Å². The Hall–Kier alpha value is -2.20. The second kappa shape index (κ2) is 4.42. The number of halogens is 1. The summed E-state index contributed by atoms with van der Waals surface area (Å²) in [5.74, 6) is 1.55. The number of rotatable bonds is 1. The molecule has 0 unspecified atom stereocenters. The first kappa shape index (κ1) is 11.6. The molecule has 1 aliphatic heterocycles. The van der Waals surface area contributed by atoms with Crippen LogP contribution in [0, 0.1) is 0 Å². The molecule has 0 radical (unpaired) electrons. The number of pyridine rings is 1. The monoisotopic (exact) mass is 286 g/mol. The Kier molecular flexibility index (Phi) is 2.57. The van der Waals surface area contributed by atoms with Gasteiger partial charge in [0.05, 0.1) is 10.7 Å². The number of imidazole rings is 1. The van der Waals surface area contributed by atoms with Crippen molar-refractivity contribution in [1.29, 1.82) is 0 Å². The van der Waals surface area contributed by atoms with Crippen LogP contribution in [0.25, 0.3) is 16.9 Å². The lowest BCUT2D eigenvalue weighted by Gasteiger charge is -2.18. The molecule has 100 valence electrons. The summed E-state index contributed by atoms with van der Waals surface area (Å²) in [5, 5.41) is 0.684. The number of fused-ring (bicyclic) bond motifs is 2. The molecule has 0 saturated carbocycles. The van der Waals surface area contributed by atoms with E-state index in [1.54, 1.807) is 0 Å². The summed E-state index contributed by atoms with van der Waals surface area (Å²) in [4.78, 5) is 4.58. The Morgan fingerprint density at radius 1 is 1.00 bits per heavy atom. The lowest BCUT2D eigenvalue weighted by molar-refractivity contribution is 0.171. The fourth-order valence-electron chi connectivity index (χ4n) is 2.31. The fraction of sp³-hybridized carbons (Fsp3) is 0.133. The molecular weight excluding hydrogens is 276 g/mol. The van der Waals surface area contributed by atoms with E-state index in [4.69, 9.17) is 21.1 Å². The predicted octanol–water partition coefficient (Wildman–Crippen LogP) is 3.43. The van der Waals surface area contributed by atoms with Gasteiger partial charge in [0, 0.05) is 18.0 Å². The minimum Gasteiger partial charge on any atom is -0.486 e. The van der Waals surface area contributed by atoms with E-state index in [-0.39, 0.29) is 0 Å². The highest BCUT2D eigenvalue weighted by molar-refractivity contribution is 6.30. The van der Waals surface area contributed by atoms with Crippen molar-refractivity contribution < 1.29 is 9.47 Å². The first-order valence-corrected chi connectivity index (χ1v) is 6.72. The van der Waals surface area contributed by atoms with Crippen LogP contribution in [-0.4, -0.2) is 22.6 Å². The van der Waals surface area contributed by atoms with Crippen molar-refractivity contribution in [1.82, 2.24) is 9.38 Å². The van der Waals surface area contributed by atoms with Crippen LogP contribution >= 0.6 is 11.6 Å². The first-order valence-electron chi connectivity index (χ1n) is 6.34. The van der Waals surface area contributed by atoms with Crippen LogP contribution in [0.2, 0.25) is 5.02 Å².